The van der Waals surface area contributed by atoms with Gasteiger partial charge in [-0.3, -0.25) is 4.57 Å². The number of rotatable bonds is 4. The Balaban J connectivity index is 2.68. The molecular formula is C12H15FN4O3S. The van der Waals surface area contributed by atoms with Crippen LogP contribution in [0.25, 0.3) is 11.4 Å². The summed E-state index contributed by atoms with van der Waals surface area (Å²) in [6, 6.07) is 3.85. The molecule has 7 nitrogen and oxygen atoms in total. The van der Waals surface area contributed by atoms with Crippen molar-refractivity contribution in [2.45, 2.75) is 25.0 Å². The topological polar surface area (TPSA) is 100 Å². The lowest BCUT2D eigenvalue weighted by molar-refractivity contribution is 0.386. The normalized spacial score (nSPS) is 11.9. The van der Waals surface area contributed by atoms with E-state index in [2.05, 4.69) is 10.2 Å². The summed E-state index contributed by atoms with van der Waals surface area (Å²) in [5.74, 6) is -0.223. The first-order valence-electron chi connectivity index (χ1n) is 6.07. The third kappa shape index (κ3) is 2.88. The van der Waals surface area contributed by atoms with E-state index in [-0.39, 0.29) is 22.8 Å². The molecule has 0 aliphatic carbocycles. The van der Waals surface area contributed by atoms with E-state index in [1.54, 1.807) is 13.8 Å². The van der Waals surface area contributed by atoms with E-state index in [1.165, 1.54) is 29.9 Å². The van der Waals surface area contributed by atoms with Crippen molar-refractivity contribution < 1.29 is 17.5 Å². The van der Waals surface area contributed by atoms with Gasteiger partial charge in [0.15, 0.2) is 17.4 Å². The smallest absolute Gasteiger partial charge is 0.273 e. The summed E-state index contributed by atoms with van der Waals surface area (Å²) in [7, 11) is -2.67. The maximum atomic E-state index is 13.5. The van der Waals surface area contributed by atoms with Gasteiger partial charge in [0.1, 0.15) is 0 Å². The first-order chi connectivity index (χ1) is 9.75. The highest BCUT2D eigenvalue weighted by Crippen LogP contribution is 2.28. The van der Waals surface area contributed by atoms with Crippen LogP contribution in [0.4, 0.5) is 4.39 Å². The Morgan fingerprint density at radius 3 is 2.52 bits per heavy atom. The third-order valence-electron chi connectivity index (χ3n) is 2.84. The minimum atomic E-state index is -4.01. The van der Waals surface area contributed by atoms with Crippen LogP contribution in [0.1, 0.15) is 19.9 Å². The number of methoxy groups -OCH3 is 1. The molecule has 9 heteroatoms. The molecule has 0 unspecified atom stereocenters. The zero-order valence-corrected chi connectivity index (χ0v) is 12.6. The van der Waals surface area contributed by atoms with Gasteiger partial charge in [-0.05, 0) is 32.0 Å². The SMILES string of the molecule is COc1cc(-c2nnc(S(N)(=O)=O)n2C(C)C)ccc1F. The molecule has 0 radical (unpaired) electrons. The quantitative estimate of drug-likeness (QED) is 0.917. The lowest BCUT2D eigenvalue weighted by atomic mass is 10.2. The Kier molecular flexibility index (Phi) is 3.97. The fraction of sp³-hybridized carbons (Fsp3) is 0.333. The van der Waals surface area contributed by atoms with Crippen molar-refractivity contribution in [1.82, 2.24) is 14.8 Å². The molecule has 0 aliphatic heterocycles. The van der Waals surface area contributed by atoms with Gasteiger partial charge in [-0.25, -0.2) is 17.9 Å². The molecule has 1 aromatic carbocycles. The van der Waals surface area contributed by atoms with Crippen LogP contribution in [0, 0.1) is 5.82 Å². The Bertz CT molecular complexity index is 771. The van der Waals surface area contributed by atoms with E-state index >= 15 is 0 Å². The second-order valence-corrected chi connectivity index (χ2v) is 6.12. The van der Waals surface area contributed by atoms with E-state index in [4.69, 9.17) is 9.88 Å². The Morgan fingerprint density at radius 2 is 2.00 bits per heavy atom. The average Bonchev–Trinajstić information content (AvgIpc) is 2.84. The summed E-state index contributed by atoms with van der Waals surface area (Å²) in [5.41, 5.74) is 0.476. The van der Waals surface area contributed by atoms with Crippen molar-refractivity contribution in [3.05, 3.63) is 24.0 Å². The number of ether oxygens (including phenoxy) is 1. The van der Waals surface area contributed by atoms with Crippen molar-refractivity contribution in [2.24, 2.45) is 5.14 Å². The number of primary sulfonamides is 1. The number of benzene rings is 1. The number of sulfonamides is 1. The minimum absolute atomic E-state index is 0.0305. The van der Waals surface area contributed by atoms with Gasteiger partial charge in [0.25, 0.3) is 15.2 Å². The maximum absolute atomic E-state index is 13.5. The van der Waals surface area contributed by atoms with Gasteiger partial charge in [-0.15, -0.1) is 10.2 Å². The highest BCUT2D eigenvalue weighted by Gasteiger charge is 2.24. The lowest BCUT2D eigenvalue weighted by Gasteiger charge is -2.13. The Hall–Kier alpha value is -2.00. The van der Waals surface area contributed by atoms with Crippen molar-refractivity contribution in [1.29, 1.82) is 0 Å². The van der Waals surface area contributed by atoms with Crippen molar-refractivity contribution >= 4 is 10.0 Å². The first kappa shape index (κ1) is 15.4. The minimum Gasteiger partial charge on any atom is -0.494 e. The predicted octanol–water partition coefficient (Wildman–Crippen LogP) is 1.32. The number of nitrogens with zero attached hydrogens (tertiary/aromatic N) is 3. The summed E-state index contributed by atoms with van der Waals surface area (Å²) in [4.78, 5) is 0. The molecule has 0 bridgehead atoms. The Labute approximate surface area is 121 Å². The molecule has 0 atom stereocenters. The van der Waals surface area contributed by atoms with Crippen LogP contribution in [-0.4, -0.2) is 30.3 Å². The molecule has 114 valence electrons. The second kappa shape index (κ2) is 5.41. The molecular weight excluding hydrogens is 299 g/mol. The van der Waals surface area contributed by atoms with E-state index in [0.717, 1.165) is 0 Å². The van der Waals surface area contributed by atoms with Gasteiger partial charge in [0, 0.05) is 11.6 Å². The van der Waals surface area contributed by atoms with Crippen LogP contribution in [0.2, 0.25) is 0 Å². The lowest BCUT2D eigenvalue weighted by Crippen LogP contribution is -2.20. The molecule has 1 heterocycles. The van der Waals surface area contributed by atoms with E-state index in [1.807, 2.05) is 0 Å². The molecule has 0 amide bonds. The van der Waals surface area contributed by atoms with Gasteiger partial charge in [-0.2, -0.15) is 0 Å². The monoisotopic (exact) mass is 314 g/mol. The van der Waals surface area contributed by atoms with Crippen molar-refractivity contribution in [3.63, 3.8) is 0 Å². The largest absolute Gasteiger partial charge is 0.494 e. The van der Waals surface area contributed by atoms with E-state index in [0.29, 0.717) is 5.56 Å². The highest BCUT2D eigenvalue weighted by atomic mass is 32.2. The predicted molar refractivity (Wildman–Crippen MR) is 73.7 cm³/mol. The van der Waals surface area contributed by atoms with Gasteiger partial charge >= 0.3 is 0 Å². The standard InChI is InChI=1S/C12H15FN4O3S/c1-7(2)17-11(15-16-12(17)21(14,18)19)8-4-5-9(13)10(6-8)20-3/h4-7H,1-3H3,(H2,14,18,19). The second-order valence-electron chi connectivity index (χ2n) is 4.66. The van der Waals surface area contributed by atoms with E-state index in [9.17, 15) is 12.8 Å². The summed E-state index contributed by atoms with van der Waals surface area (Å²) < 4.78 is 42.8. The zero-order chi connectivity index (χ0) is 15.8. The third-order valence-corrected chi connectivity index (χ3v) is 3.63. The van der Waals surface area contributed by atoms with Gasteiger partial charge < -0.3 is 4.74 Å². The fourth-order valence-corrected chi connectivity index (χ4v) is 2.66. The zero-order valence-electron chi connectivity index (χ0n) is 11.7. The van der Waals surface area contributed by atoms with Gasteiger partial charge in [0.2, 0.25) is 0 Å². The number of hydrogen-bond donors (Lipinski definition) is 1. The first-order valence-corrected chi connectivity index (χ1v) is 7.62. The molecule has 0 saturated heterocycles. The van der Waals surface area contributed by atoms with Crippen LogP contribution in [0.3, 0.4) is 0 Å². The average molecular weight is 314 g/mol. The molecule has 0 fully saturated rings. The molecule has 2 rings (SSSR count). The molecule has 1 aromatic heterocycles. The van der Waals surface area contributed by atoms with Crippen LogP contribution < -0.4 is 9.88 Å². The summed E-state index contributed by atoms with van der Waals surface area (Å²) in [5, 5.41) is 12.3. The molecule has 0 spiro atoms. The van der Waals surface area contributed by atoms with Crippen molar-refractivity contribution in [3.8, 4) is 17.1 Å². The number of halogens is 1. The molecule has 0 aliphatic rings. The molecule has 0 saturated carbocycles. The van der Waals surface area contributed by atoms with Crippen LogP contribution in [0.15, 0.2) is 23.4 Å². The van der Waals surface area contributed by atoms with Gasteiger partial charge in [0.05, 0.1) is 7.11 Å². The van der Waals surface area contributed by atoms with Crippen LogP contribution >= 0.6 is 0 Å². The van der Waals surface area contributed by atoms with Gasteiger partial charge in [-0.1, -0.05) is 0 Å². The number of hydrogen-bond acceptors (Lipinski definition) is 5. The van der Waals surface area contributed by atoms with Crippen molar-refractivity contribution in [2.75, 3.05) is 7.11 Å². The molecule has 2 aromatic rings. The summed E-state index contributed by atoms with van der Waals surface area (Å²) >= 11 is 0. The highest BCUT2D eigenvalue weighted by molar-refractivity contribution is 7.89. The maximum Gasteiger partial charge on any atom is 0.273 e. The number of nitrogens with two attached hydrogens (primary N) is 1. The van der Waals surface area contributed by atoms with Crippen LogP contribution in [0.5, 0.6) is 5.75 Å². The molecule has 21 heavy (non-hydrogen) atoms. The number of aromatic nitrogens is 3. The Morgan fingerprint density at radius 1 is 1.33 bits per heavy atom. The summed E-state index contributed by atoms with van der Waals surface area (Å²) in [6.45, 7) is 3.53. The van der Waals surface area contributed by atoms with Crippen LogP contribution in [-0.2, 0) is 10.0 Å². The molecule has 2 N–H and O–H groups in total. The van der Waals surface area contributed by atoms with E-state index < -0.39 is 15.8 Å². The summed E-state index contributed by atoms with van der Waals surface area (Å²) in [6.07, 6.45) is 0. The fourth-order valence-electron chi connectivity index (χ4n) is 1.93.